The van der Waals surface area contributed by atoms with E-state index in [2.05, 4.69) is 10.6 Å². The zero-order valence-electron chi connectivity index (χ0n) is 14.0. The number of anilines is 2. The van der Waals surface area contributed by atoms with Crippen molar-refractivity contribution >= 4 is 52.4 Å². The highest BCUT2D eigenvalue weighted by Crippen LogP contribution is 2.22. The molecule has 0 radical (unpaired) electrons. The molecule has 2 rings (SSSR count). The average Bonchev–Trinajstić information content (AvgIpc) is 2.53. The molecule has 0 unspecified atom stereocenters. The number of carbonyl (C=O) groups excluding carboxylic acids is 3. The summed E-state index contributed by atoms with van der Waals surface area (Å²) in [7, 11) is 0. The molecule has 0 aromatic heterocycles. The molecule has 0 aliphatic rings. The molecule has 0 heterocycles. The molecule has 6 nitrogen and oxygen atoms in total. The monoisotopic (exact) mass is 394 g/mol. The first-order chi connectivity index (χ1) is 12.2. The fourth-order valence-electron chi connectivity index (χ4n) is 2.08. The number of benzene rings is 2. The third-order valence-corrected chi connectivity index (χ3v) is 3.64. The summed E-state index contributed by atoms with van der Waals surface area (Å²) in [6.07, 6.45) is -1.05. The summed E-state index contributed by atoms with van der Waals surface area (Å²) in [4.78, 5) is 35.5. The number of halogens is 2. The van der Waals surface area contributed by atoms with Gasteiger partial charge in [-0.3, -0.25) is 9.59 Å². The van der Waals surface area contributed by atoms with Crippen molar-refractivity contribution in [3.8, 4) is 0 Å². The van der Waals surface area contributed by atoms with Gasteiger partial charge in [0, 0.05) is 28.3 Å². The third kappa shape index (κ3) is 5.75. The van der Waals surface area contributed by atoms with E-state index in [1.54, 1.807) is 12.1 Å². The van der Waals surface area contributed by atoms with Crippen LogP contribution < -0.4 is 10.6 Å². The maximum absolute atomic E-state index is 12.2. The van der Waals surface area contributed by atoms with Gasteiger partial charge in [-0.2, -0.15) is 0 Å². The Kier molecular flexibility index (Phi) is 6.60. The van der Waals surface area contributed by atoms with E-state index in [1.807, 2.05) is 0 Å². The molecule has 1 atom stereocenters. The maximum atomic E-state index is 12.2. The number of nitrogens with one attached hydrogen (secondary N) is 2. The van der Waals surface area contributed by atoms with Crippen molar-refractivity contribution in [3.05, 3.63) is 58.1 Å². The van der Waals surface area contributed by atoms with Crippen molar-refractivity contribution in [3.63, 3.8) is 0 Å². The smallest absolute Gasteiger partial charge is 0.338 e. The summed E-state index contributed by atoms with van der Waals surface area (Å²) in [6, 6.07) is 10.8. The Morgan fingerprint density at radius 1 is 0.962 bits per heavy atom. The van der Waals surface area contributed by atoms with Crippen LogP contribution in [0.25, 0.3) is 0 Å². The van der Waals surface area contributed by atoms with Crippen LogP contribution >= 0.6 is 23.2 Å². The molecule has 2 N–H and O–H groups in total. The molecule has 0 aliphatic carbocycles. The van der Waals surface area contributed by atoms with Crippen molar-refractivity contribution in [1.29, 1.82) is 0 Å². The van der Waals surface area contributed by atoms with Crippen LogP contribution in [0.5, 0.6) is 0 Å². The van der Waals surface area contributed by atoms with Crippen LogP contribution in [0.2, 0.25) is 10.0 Å². The SMILES string of the molecule is CC(=O)Nc1cccc(C(=O)O[C@H](C)C(=O)Nc2cc(Cl)cc(Cl)c2)c1. The molecule has 0 bridgehead atoms. The first-order valence-electron chi connectivity index (χ1n) is 7.60. The van der Waals surface area contributed by atoms with Gasteiger partial charge in [-0.1, -0.05) is 29.3 Å². The van der Waals surface area contributed by atoms with Gasteiger partial charge in [0.05, 0.1) is 5.56 Å². The summed E-state index contributed by atoms with van der Waals surface area (Å²) >= 11 is 11.8. The summed E-state index contributed by atoms with van der Waals surface area (Å²) in [5.41, 5.74) is 1.06. The fourth-order valence-corrected chi connectivity index (χ4v) is 2.61. The molecule has 0 fully saturated rings. The van der Waals surface area contributed by atoms with Gasteiger partial charge >= 0.3 is 5.97 Å². The van der Waals surface area contributed by atoms with Gasteiger partial charge in [0.2, 0.25) is 5.91 Å². The summed E-state index contributed by atoms with van der Waals surface area (Å²) in [5, 5.41) is 5.88. The highest BCUT2D eigenvalue weighted by atomic mass is 35.5. The van der Waals surface area contributed by atoms with Crippen molar-refractivity contribution in [2.24, 2.45) is 0 Å². The number of hydrogen-bond acceptors (Lipinski definition) is 4. The third-order valence-electron chi connectivity index (χ3n) is 3.20. The van der Waals surface area contributed by atoms with E-state index in [-0.39, 0.29) is 11.5 Å². The Morgan fingerprint density at radius 3 is 2.23 bits per heavy atom. The standard InChI is InChI=1S/C18H16Cl2N2O4/c1-10(17(24)22-16-8-13(19)7-14(20)9-16)26-18(25)12-4-3-5-15(6-12)21-11(2)23/h3-10H,1-2H3,(H,21,23)(H,22,24)/t10-/m1/s1. The van der Waals surface area contributed by atoms with Crippen molar-refractivity contribution in [2.75, 3.05) is 10.6 Å². The number of hydrogen-bond donors (Lipinski definition) is 2. The minimum absolute atomic E-state index is 0.210. The zero-order chi connectivity index (χ0) is 19.3. The number of carbonyl (C=O) groups is 3. The van der Waals surface area contributed by atoms with E-state index < -0.39 is 18.0 Å². The first-order valence-corrected chi connectivity index (χ1v) is 8.36. The van der Waals surface area contributed by atoms with E-state index in [1.165, 1.54) is 44.2 Å². The van der Waals surface area contributed by atoms with Gasteiger partial charge < -0.3 is 15.4 Å². The minimum atomic E-state index is -1.05. The van der Waals surface area contributed by atoms with Gasteiger partial charge in [0.25, 0.3) is 5.91 Å². The van der Waals surface area contributed by atoms with Crippen molar-refractivity contribution < 1.29 is 19.1 Å². The van der Waals surface area contributed by atoms with Gasteiger partial charge in [-0.25, -0.2) is 4.79 Å². The van der Waals surface area contributed by atoms with Crippen LogP contribution in [0.1, 0.15) is 24.2 Å². The topological polar surface area (TPSA) is 84.5 Å². The minimum Gasteiger partial charge on any atom is -0.449 e. The van der Waals surface area contributed by atoms with Crippen molar-refractivity contribution in [2.45, 2.75) is 20.0 Å². The predicted octanol–water partition coefficient (Wildman–Crippen LogP) is 4.14. The van der Waals surface area contributed by atoms with Gasteiger partial charge in [0.1, 0.15) is 0 Å². The Bertz CT molecular complexity index is 835. The maximum Gasteiger partial charge on any atom is 0.338 e. The average molecular weight is 395 g/mol. The molecular formula is C18H16Cl2N2O4. The number of ether oxygens (including phenoxy) is 1. The molecule has 0 spiro atoms. The Morgan fingerprint density at radius 2 is 1.62 bits per heavy atom. The molecule has 2 aromatic carbocycles. The molecule has 0 saturated heterocycles. The second kappa shape index (κ2) is 8.69. The lowest BCUT2D eigenvalue weighted by Gasteiger charge is -2.14. The Balaban J connectivity index is 2.01. The van der Waals surface area contributed by atoms with Crippen LogP contribution in [0.4, 0.5) is 11.4 Å². The quantitative estimate of drug-likeness (QED) is 0.746. The van der Waals surface area contributed by atoms with Gasteiger partial charge in [0.15, 0.2) is 6.10 Å². The van der Waals surface area contributed by atoms with E-state index in [4.69, 9.17) is 27.9 Å². The second-order valence-corrected chi connectivity index (χ2v) is 6.33. The lowest BCUT2D eigenvalue weighted by molar-refractivity contribution is -0.123. The number of rotatable bonds is 5. The van der Waals surface area contributed by atoms with E-state index in [0.717, 1.165) is 0 Å². The largest absolute Gasteiger partial charge is 0.449 e. The van der Waals surface area contributed by atoms with Crippen LogP contribution in [0, 0.1) is 0 Å². The molecule has 2 amide bonds. The molecule has 0 saturated carbocycles. The lowest BCUT2D eigenvalue weighted by Crippen LogP contribution is -2.30. The molecular weight excluding hydrogens is 379 g/mol. The fraction of sp³-hybridized carbons (Fsp3) is 0.167. The normalized spacial score (nSPS) is 11.4. The molecule has 136 valence electrons. The summed E-state index contributed by atoms with van der Waals surface area (Å²) in [6.45, 7) is 2.80. The Labute approximate surface area is 160 Å². The van der Waals surface area contributed by atoms with Gasteiger partial charge in [-0.05, 0) is 43.3 Å². The van der Waals surface area contributed by atoms with E-state index in [9.17, 15) is 14.4 Å². The Hall–Kier alpha value is -2.57. The van der Waals surface area contributed by atoms with E-state index in [0.29, 0.717) is 21.4 Å². The van der Waals surface area contributed by atoms with Crippen molar-refractivity contribution in [1.82, 2.24) is 0 Å². The second-order valence-electron chi connectivity index (χ2n) is 5.46. The molecule has 26 heavy (non-hydrogen) atoms. The van der Waals surface area contributed by atoms with Crippen LogP contribution in [0.3, 0.4) is 0 Å². The van der Waals surface area contributed by atoms with Crippen LogP contribution in [-0.2, 0) is 14.3 Å². The van der Waals surface area contributed by atoms with Gasteiger partial charge in [-0.15, -0.1) is 0 Å². The van der Waals surface area contributed by atoms with Crippen LogP contribution in [-0.4, -0.2) is 23.9 Å². The number of amides is 2. The molecule has 0 aliphatic heterocycles. The highest BCUT2D eigenvalue weighted by Gasteiger charge is 2.19. The first kappa shape index (κ1) is 19.8. The zero-order valence-corrected chi connectivity index (χ0v) is 15.5. The summed E-state index contributed by atoms with van der Waals surface area (Å²) in [5.74, 6) is -1.48. The summed E-state index contributed by atoms with van der Waals surface area (Å²) < 4.78 is 5.16. The van der Waals surface area contributed by atoms with E-state index >= 15 is 0 Å². The molecule has 8 heteroatoms. The highest BCUT2D eigenvalue weighted by molar-refractivity contribution is 6.35. The van der Waals surface area contributed by atoms with Crippen LogP contribution in [0.15, 0.2) is 42.5 Å². The number of esters is 1. The predicted molar refractivity (Wildman–Crippen MR) is 101 cm³/mol. The lowest BCUT2D eigenvalue weighted by atomic mass is 10.2. The molecule has 2 aromatic rings.